The van der Waals surface area contributed by atoms with E-state index in [2.05, 4.69) is 17.0 Å². The van der Waals surface area contributed by atoms with Crippen LogP contribution in [-0.2, 0) is 32.7 Å². The average Bonchev–Trinajstić information content (AvgIpc) is 2.94. The van der Waals surface area contributed by atoms with E-state index in [0.29, 0.717) is 30.1 Å². The Balaban J connectivity index is 0.00000370. The summed E-state index contributed by atoms with van der Waals surface area (Å²) in [5, 5.41) is 0. The molecule has 1 heterocycles. The fourth-order valence-electron chi connectivity index (χ4n) is 6.10. The molecule has 5 rings (SSSR count). The smallest absolute Gasteiger partial charge is 0.432 e. The molecule has 3 aromatic carbocycles. The number of benzene rings is 3. The SMILES string of the molecule is CO[C@@](C(=O)O[C@@H]1Cc2cccc(F)c2C[C@H]1N1CCC(c2ccccc2)CC1)(c1ccccc1)C(F)(F)F.Cl. The minimum atomic E-state index is -5.07. The average molecular weight is 578 g/mol. The number of likely N-dealkylation sites (tertiary alicyclic amines) is 1. The molecule has 0 saturated carbocycles. The molecule has 9 heteroatoms. The Morgan fingerprint density at radius 2 is 1.50 bits per heavy atom. The van der Waals surface area contributed by atoms with Crippen LogP contribution in [0.3, 0.4) is 0 Å². The highest BCUT2D eigenvalue weighted by Crippen LogP contribution is 2.44. The lowest BCUT2D eigenvalue weighted by molar-refractivity contribution is -0.279. The molecule has 0 radical (unpaired) electrons. The number of methoxy groups -OCH3 is 1. The number of hydrogen-bond acceptors (Lipinski definition) is 4. The van der Waals surface area contributed by atoms with Gasteiger partial charge in [-0.15, -0.1) is 12.4 Å². The Morgan fingerprint density at radius 3 is 2.10 bits per heavy atom. The minimum Gasteiger partial charge on any atom is -0.458 e. The lowest BCUT2D eigenvalue weighted by atomic mass is 9.82. The van der Waals surface area contributed by atoms with Crippen molar-refractivity contribution in [2.24, 2.45) is 0 Å². The van der Waals surface area contributed by atoms with E-state index in [1.807, 2.05) is 18.2 Å². The fourth-order valence-corrected chi connectivity index (χ4v) is 6.10. The Labute approximate surface area is 237 Å². The van der Waals surface area contributed by atoms with Gasteiger partial charge in [0.05, 0.1) is 6.04 Å². The maximum Gasteiger partial charge on any atom is 0.432 e. The molecule has 40 heavy (non-hydrogen) atoms. The molecule has 2 aliphatic rings. The number of halogens is 5. The van der Waals surface area contributed by atoms with E-state index >= 15 is 0 Å². The van der Waals surface area contributed by atoms with Crippen molar-refractivity contribution in [3.05, 3.63) is 107 Å². The molecule has 0 bridgehead atoms. The highest BCUT2D eigenvalue weighted by atomic mass is 35.5. The number of rotatable bonds is 6. The Bertz CT molecular complexity index is 1280. The van der Waals surface area contributed by atoms with E-state index in [-0.39, 0.29) is 36.6 Å². The molecule has 1 aliphatic carbocycles. The molecule has 1 aliphatic heterocycles. The Kier molecular flexibility index (Phi) is 9.22. The largest absolute Gasteiger partial charge is 0.458 e. The van der Waals surface area contributed by atoms with Crippen molar-refractivity contribution in [1.82, 2.24) is 4.90 Å². The van der Waals surface area contributed by atoms with Gasteiger partial charge in [-0.3, -0.25) is 4.90 Å². The number of alkyl halides is 3. The predicted molar refractivity (Wildman–Crippen MR) is 146 cm³/mol. The van der Waals surface area contributed by atoms with Crippen LogP contribution in [0.2, 0.25) is 0 Å². The van der Waals surface area contributed by atoms with Crippen LogP contribution >= 0.6 is 12.4 Å². The molecule has 4 nitrogen and oxygen atoms in total. The first-order chi connectivity index (χ1) is 18.7. The van der Waals surface area contributed by atoms with E-state index in [1.54, 1.807) is 18.2 Å². The van der Waals surface area contributed by atoms with Crippen molar-refractivity contribution < 1.29 is 31.8 Å². The van der Waals surface area contributed by atoms with E-state index in [0.717, 1.165) is 20.0 Å². The van der Waals surface area contributed by atoms with Crippen molar-refractivity contribution in [3.8, 4) is 0 Å². The number of ether oxygens (including phenoxy) is 2. The maximum atomic E-state index is 14.8. The summed E-state index contributed by atoms with van der Waals surface area (Å²) < 4.78 is 69.1. The second-order valence-electron chi connectivity index (χ2n) is 10.3. The van der Waals surface area contributed by atoms with Gasteiger partial charge in [-0.2, -0.15) is 13.2 Å². The van der Waals surface area contributed by atoms with Gasteiger partial charge in [0.15, 0.2) is 0 Å². The summed E-state index contributed by atoms with van der Waals surface area (Å²) in [4.78, 5) is 15.6. The van der Waals surface area contributed by atoms with Gasteiger partial charge < -0.3 is 9.47 Å². The number of fused-ring (bicyclic) bond motifs is 1. The van der Waals surface area contributed by atoms with Crippen LogP contribution in [0.15, 0.2) is 78.9 Å². The monoisotopic (exact) mass is 577 g/mol. The van der Waals surface area contributed by atoms with Crippen molar-refractivity contribution in [2.45, 2.75) is 55.5 Å². The first-order valence-corrected chi connectivity index (χ1v) is 13.2. The predicted octanol–water partition coefficient (Wildman–Crippen LogP) is 6.61. The molecule has 3 atom stereocenters. The summed E-state index contributed by atoms with van der Waals surface area (Å²) in [6, 6.07) is 21.2. The molecule has 3 aromatic rings. The van der Waals surface area contributed by atoms with E-state index in [1.165, 1.54) is 35.9 Å². The number of esters is 1. The fraction of sp³-hybridized carbons (Fsp3) is 0.387. The lowest BCUT2D eigenvalue weighted by Crippen LogP contribution is -2.57. The van der Waals surface area contributed by atoms with Crippen LogP contribution in [-0.4, -0.2) is 49.4 Å². The summed E-state index contributed by atoms with van der Waals surface area (Å²) >= 11 is 0. The summed E-state index contributed by atoms with van der Waals surface area (Å²) in [6.07, 6.45) is -3.91. The molecule has 0 N–H and O–H groups in total. The molecule has 0 unspecified atom stereocenters. The maximum absolute atomic E-state index is 14.8. The van der Waals surface area contributed by atoms with Crippen molar-refractivity contribution in [1.29, 1.82) is 0 Å². The first-order valence-electron chi connectivity index (χ1n) is 13.2. The number of carbonyl (C=O) groups is 1. The zero-order valence-electron chi connectivity index (χ0n) is 22.1. The van der Waals surface area contributed by atoms with Crippen LogP contribution in [0.1, 0.15) is 41.0 Å². The van der Waals surface area contributed by atoms with Gasteiger partial charge in [-0.1, -0.05) is 72.8 Å². The van der Waals surface area contributed by atoms with Gasteiger partial charge in [0, 0.05) is 19.1 Å². The molecular weight excluding hydrogens is 546 g/mol. The molecule has 0 spiro atoms. The summed E-state index contributed by atoms with van der Waals surface area (Å²) in [5.74, 6) is -1.51. The highest BCUT2D eigenvalue weighted by Gasteiger charge is 2.64. The number of piperidine rings is 1. The molecule has 0 amide bonds. The third kappa shape index (κ3) is 5.62. The normalized spacial score (nSPS) is 21.5. The van der Waals surface area contributed by atoms with Gasteiger partial charge in [0.2, 0.25) is 0 Å². The second-order valence-corrected chi connectivity index (χ2v) is 10.3. The van der Waals surface area contributed by atoms with Crippen LogP contribution in [0, 0.1) is 5.82 Å². The van der Waals surface area contributed by atoms with Gasteiger partial charge in [-0.05, 0) is 61.0 Å². The second kappa shape index (κ2) is 12.3. The standard InChI is InChI=1S/C31H31F4NO3.ClH/c1-38-30(31(33,34)35,24-12-6-3-7-13-24)29(37)39-28-19-23-11-8-14-26(32)25(23)20-27(28)36-17-15-22(16-18-36)21-9-4-2-5-10-21;/h2-14,22,27-28H,15-20H2,1H3;1H/t27-,28-,30-;/m1./s1. The van der Waals surface area contributed by atoms with Crippen LogP contribution < -0.4 is 0 Å². The van der Waals surface area contributed by atoms with Gasteiger partial charge >= 0.3 is 12.1 Å². The molecule has 0 aromatic heterocycles. The van der Waals surface area contributed by atoms with Crippen molar-refractivity contribution in [2.75, 3.05) is 20.2 Å². The highest BCUT2D eigenvalue weighted by molar-refractivity contribution is 5.85. The third-order valence-corrected chi connectivity index (χ3v) is 8.18. The zero-order chi connectivity index (χ0) is 27.6. The minimum absolute atomic E-state index is 0. The van der Waals surface area contributed by atoms with Crippen LogP contribution in [0.25, 0.3) is 0 Å². The van der Waals surface area contributed by atoms with E-state index < -0.39 is 29.9 Å². The lowest BCUT2D eigenvalue weighted by Gasteiger charge is -2.44. The first kappa shape index (κ1) is 30.0. The van der Waals surface area contributed by atoms with E-state index in [4.69, 9.17) is 9.47 Å². The summed E-state index contributed by atoms with van der Waals surface area (Å²) in [6.45, 7) is 1.32. The zero-order valence-corrected chi connectivity index (χ0v) is 22.9. The Morgan fingerprint density at radius 1 is 0.875 bits per heavy atom. The van der Waals surface area contributed by atoms with E-state index in [9.17, 15) is 22.4 Å². The van der Waals surface area contributed by atoms with Crippen molar-refractivity contribution in [3.63, 3.8) is 0 Å². The number of carbonyl (C=O) groups excluding carboxylic acids is 1. The van der Waals surface area contributed by atoms with Crippen LogP contribution in [0.4, 0.5) is 17.6 Å². The quantitative estimate of drug-likeness (QED) is 0.244. The number of hydrogen-bond donors (Lipinski definition) is 0. The number of nitrogens with zero attached hydrogens (tertiary/aromatic N) is 1. The molecule has 214 valence electrons. The molecule has 1 fully saturated rings. The van der Waals surface area contributed by atoms with Crippen LogP contribution in [0.5, 0.6) is 0 Å². The van der Waals surface area contributed by atoms with Crippen molar-refractivity contribution >= 4 is 18.4 Å². The van der Waals surface area contributed by atoms with Gasteiger partial charge in [-0.25, -0.2) is 9.18 Å². The molecular formula is C31H32ClF4NO3. The van der Waals surface area contributed by atoms with Gasteiger partial charge in [0.1, 0.15) is 11.9 Å². The summed E-state index contributed by atoms with van der Waals surface area (Å²) in [5.41, 5.74) is -1.22. The third-order valence-electron chi connectivity index (χ3n) is 8.18. The summed E-state index contributed by atoms with van der Waals surface area (Å²) in [7, 11) is 0.860. The Hall–Kier alpha value is -2.94. The van der Waals surface area contributed by atoms with Gasteiger partial charge in [0.25, 0.3) is 5.60 Å². The molecule has 1 saturated heterocycles. The topological polar surface area (TPSA) is 38.8 Å².